The van der Waals surface area contributed by atoms with Crippen molar-refractivity contribution in [3.8, 4) is 0 Å². The third-order valence-corrected chi connectivity index (χ3v) is 5.00. The molecule has 1 nitrogen and oxygen atoms in total. The van der Waals surface area contributed by atoms with Crippen LogP contribution in [-0.4, -0.2) is 27.2 Å². The first-order valence-corrected chi connectivity index (χ1v) is 6.85. The topological polar surface area (TPSA) is 17.1 Å². The Kier molecular flexibility index (Phi) is 7.91. The molecule has 0 saturated heterocycles. The van der Waals surface area contributed by atoms with Gasteiger partial charge in [-0.25, -0.2) is 0 Å². The molecule has 0 heterocycles. The van der Waals surface area contributed by atoms with Gasteiger partial charge in [-0.05, 0) is 0 Å². The molecule has 0 aliphatic rings. The van der Waals surface area contributed by atoms with Gasteiger partial charge in [-0.2, -0.15) is 0 Å². The van der Waals surface area contributed by atoms with E-state index in [0.717, 1.165) is 16.7 Å². The van der Waals surface area contributed by atoms with Crippen molar-refractivity contribution in [1.29, 1.82) is 0 Å². The van der Waals surface area contributed by atoms with Crippen molar-refractivity contribution >= 4 is 27.2 Å². The Balaban J connectivity index is 3.04. The second-order valence-electron chi connectivity index (χ2n) is 2.44. The maximum absolute atomic E-state index is 10.1. The minimum atomic E-state index is 0.155. The Morgan fingerprint density at radius 2 is 2.30 bits per heavy atom. The van der Waals surface area contributed by atoms with Gasteiger partial charge in [-0.1, -0.05) is 0 Å². The molecular weight excluding hydrogens is 240 g/mol. The van der Waals surface area contributed by atoms with Crippen molar-refractivity contribution in [2.45, 2.75) is 41.5 Å². The van der Waals surface area contributed by atoms with E-state index in [2.05, 4.69) is 13.8 Å². The summed E-state index contributed by atoms with van der Waals surface area (Å²) in [5.74, 6) is 0. The minimum absolute atomic E-state index is 0.155. The van der Waals surface area contributed by atoms with Crippen molar-refractivity contribution in [3.05, 3.63) is 0 Å². The molecule has 0 aliphatic carbocycles. The zero-order valence-corrected chi connectivity index (χ0v) is 9.13. The third-order valence-electron chi connectivity index (χ3n) is 1.33. The van der Waals surface area contributed by atoms with Crippen LogP contribution in [0.2, 0.25) is 8.43 Å². The van der Waals surface area contributed by atoms with E-state index in [9.17, 15) is 4.79 Å². The first-order chi connectivity index (χ1) is 4.81. The Hall–Kier alpha value is 0.460. The molecule has 0 bridgehead atoms. The summed E-state index contributed by atoms with van der Waals surface area (Å²) in [6, 6.07) is 0. The summed E-state index contributed by atoms with van der Waals surface area (Å²) in [5, 5.41) is 0. The molecule has 2 heteroatoms. The van der Waals surface area contributed by atoms with Gasteiger partial charge in [0.1, 0.15) is 0 Å². The standard InChI is InChI=1S/C8H16OTe/c1-3-4-7-10-8(2)5-6-9/h6,8H,3-5,7H2,1-2H3. The van der Waals surface area contributed by atoms with Gasteiger partial charge < -0.3 is 0 Å². The molecule has 0 fully saturated rings. The number of carbonyl (C=O) groups excluding carboxylic acids is 1. The first-order valence-electron chi connectivity index (χ1n) is 3.86. The van der Waals surface area contributed by atoms with E-state index in [-0.39, 0.29) is 20.9 Å². The van der Waals surface area contributed by atoms with E-state index in [4.69, 9.17) is 0 Å². The van der Waals surface area contributed by atoms with Gasteiger partial charge >= 0.3 is 73.5 Å². The molecule has 1 unspecified atom stereocenters. The molecule has 0 aromatic carbocycles. The quantitative estimate of drug-likeness (QED) is 0.404. The normalized spacial score (nSPS) is 13.0. The molecule has 0 aliphatic heterocycles. The Labute approximate surface area is 73.7 Å². The van der Waals surface area contributed by atoms with Gasteiger partial charge in [0, 0.05) is 0 Å². The SMILES string of the molecule is CCCC[Te]C(C)CC=O. The van der Waals surface area contributed by atoms with Crippen LogP contribution in [0, 0.1) is 0 Å². The molecule has 0 amide bonds. The predicted octanol–water partition coefficient (Wildman–Crippen LogP) is 2.31. The zero-order valence-electron chi connectivity index (χ0n) is 6.80. The van der Waals surface area contributed by atoms with E-state index in [1.165, 1.54) is 17.3 Å². The number of carbonyl (C=O) groups is 1. The monoisotopic (exact) mass is 258 g/mol. The van der Waals surface area contributed by atoms with Gasteiger partial charge in [-0.15, -0.1) is 0 Å². The molecule has 1 atom stereocenters. The fraction of sp³-hybridized carbons (Fsp3) is 0.875. The summed E-state index contributed by atoms with van der Waals surface area (Å²) in [7, 11) is 0. The summed E-state index contributed by atoms with van der Waals surface area (Å²) in [6.45, 7) is 4.42. The average Bonchev–Trinajstić information content (AvgIpc) is 1.89. The molecule has 0 spiro atoms. The van der Waals surface area contributed by atoms with Crippen LogP contribution in [0.5, 0.6) is 0 Å². The van der Waals surface area contributed by atoms with Crippen molar-refractivity contribution in [2.24, 2.45) is 0 Å². The number of hydrogen-bond acceptors (Lipinski definition) is 1. The molecule has 10 heavy (non-hydrogen) atoms. The second kappa shape index (κ2) is 7.57. The van der Waals surface area contributed by atoms with Crippen molar-refractivity contribution in [3.63, 3.8) is 0 Å². The number of rotatable bonds is 6. The van der Waals surface area contributed by atoms with Crippen molar-refractivity contribution in [2.75, 3.05) is 0 Å². The van der Waals surface area contributed by atoms with Gasteiger partial charge in [-0.3, -0.25) is 0 Å². The van der Waals surface area contributed by atoms with Crippen LogP contribution in [0.15, 0.2) is 0 Å². The summed E-state index contributed by atoms with van der Waals surface area (Å²) in [6.07, 6.45) is 4.53. The van der Waals surface area contributed by atoms with E-state index in [1.807, 2.05) is 0 Å². The Morgan fingerprint density at radius 1 is 1.60 bits per heavy atom. The van der Waals surface area contributed by atoms with Crippen LogP contribution < -0.4 is 0 Å². The summed E-state index contributed by atoms with van der Waals surface area (Å²) < 4.78 is 2.14. The summed E-state index contributed by atoms with van der Waals surface area (Å²) >= 11 is 0.155. The van der Waals surface area contributed by atoms with Gasteiger partial charge in [0.05, 0.1) is 0 Å². The predicted molar refractivity (Wildman–Crippen MR) is 45.6 cm³/mol. The van der Waals surface area contributed by atoms with Crippen LogP contribution in [0.1, 0.15) is 33.1 Å². The fourth-order valence-corrected chi connectivity index (χ4v) is 3.69. The molecular formula is C8H16OTe. The molecule has 0 saturated carbocycles. The van der Waals surface area contributed by atoms with Crippen LogP contribution >= 0.6 is 0 Å². The maximum atomic E-state index is 10.1. The summed E-state index contributed by atoms with van der Waals surface area (Å²) in [4.78, 5) is 10.1. The van der Waals surface area contributed by atoms with Gasteiger partial charge in [0.2, 0.25) is 0 Å². The number of hydrogen-bond donors (Lipinski definition) is 0. The van der Waals surface area contributed by atoms with Gasteiger partial charge in [0.15, 0.2) is 0 Å². The van der Waals surface area contributed by atoms with E-state index < -0.39 is 0 Å². The average molecular weight is 256 g/mol. The third kappa shape index (κ3) is 6.58. The molecule has 0 rings (SSSR count). The Morgan fingerprint density at radius 3 is 2.80 bits per heavy atom. The van der Waals surface area contributed by atoms with E-state index in [0.29, 0.717) is 0 Å². The van der Waals surface area contributed by atoms with Crippen molar-refractivity contribution < 1.29 is 4.79 Å². The number of unbranched alkanes of at least 4 members (excludes halogenated alkanes) is 1. The summed E-state index contributed by atoms with van der Waals surface area (Å²) in [5.41, 5.74) is 0. The Bertz CT molecular complexity index is 83.3. The number of aldehydes is 1. The van der Waals surface area contributed by atoms with E-state index >= 15 is 0 Å². The second-order valence-corrected chi connectivity index (χ2v) is 6.85. The van der Waals surface area contributed by atoms with Crippen LogP contribution in [0.25, 0.3) is 0 Å². The molecule has 60 valence electrons. The zero-order chi connectivity index (χ0) is 7.82. The van der Waals surface area contributed by atoms with Gasteiger partial charge in [0.25, 0.3) is 0 Å². The van der Waals surface area contributed by atoms with E-state index in [1.54, 1.807) is 0 Å². The fourth-order valence-electron chi connectivity index (χ4n) is 0.632. The first kappa shape index (κ1) is 10.5. The molecule has 0 aromatic heterocycles. The molecule has 0 aromatic rings. The van der Waals surface area contributed by atoms with Crippen LogP contribution in [0.4, 0.5) is 0 Å². The van der Waals surface area contributed by atoms with Crippen molar-refractivity contribution in [1.82, 2.24) is 0 Å². The van der Waals surface area contributed by atoms with Crippen LogP contribution in [-0.2, 0) is 4.79 Å². The molecule has 0 radical (unpaired) electrons. The molecule has 0 N–H and O–H groups in total. The van der Waals surface area contributed by atoms with Crippen LogP contribution in [0.3, 0.4) is 0 Å².